The molecular weight excluding hydrogens is 252 g/mol. The van der Waals surface area contributed by atoms with E-state index in [9.17, 15) is 13.2 Å². The van der Waals surface area contributed by atoms with Crippen molar-refractivity contribution in [3.63, 3.8) is 0 Å². The molecule has 1 heterocycles. The predicted octanol–water partition coefficient (Wildman–Crippen LogP) is 0.977. The fourth-order valence-electron chi connectivity index (χ4n) is 2.20. The molecule has 2 aliphatic rings. The van der Waals surface area contributed by atoms with E-state index in [0.717, 1.165) is 0 Å². The SMILES string of the molecule is CCN=C1C=C2NS(=O)(=O)c3cccc(c32)C1=O. The first-order chi connectivity index (χ1) is 8.54. The highest BCUT2D eigenvalue weighted by atomic mass is 32.2. The quantitative estimate of drug-likeness (QED) is 0.819. The number of ketones is 1. The van der Waals surface area contributed by atoms with Crippen molar-refractivity contribution >= 4 is 27.2 Å². The maximum Gasteiger partial charge on any atom is 0.262 e. The Morgan fingerprint density at radius 3 is 2.83 bits per heavy atom. The summed E-state index contributed by atoms with van der Waals surface area (Å²) in [6.45, 7) is 2.30. The van der Waals surface area contributed by atoms with Crippen molar-refractivity contribution in [1.82, 2.24) is 4.72 Å². The third kappa shape index (κ3) is 1.35. The lowest BCUT2D eigenvalue weighted by atomic mass is 9.92. The zero-order valence-electron chi connectivity index (χ0n) is 9.60. The molecule has 0 fully saturated rings. The summed E-state index contributed by atoms with van der Waals surface area (Å²) in [6.07, 6.45) is 1.50. The number of aliphatic imine (C=N–C) groups is 1. The van der Waals surface area contributed by atoms with Crippen LogP contribution in [0.2, 0.25) is 0 Å². The molecule has 1 aliphatic carbocycles. The summed E-state index contributed by atoms with van der Waals surface area (Å²) >= 11 is 0. The van der Waals surface area contributed by atoms with Gasteiger partial charge in [0.25, 0.3) is 10.0 Å². The van der Waals surface area contributed by atoms with Gasteiger partial charge in [0.05, 0.1) is 10.6 Å². The molecule has 0 bridgehead atoms. The van der Waals surface area contributed by atoms with Crippen molar-refractivity contribution < 1.29 is 13.2 Å². The second-order valence-corrected chi connectivity index (χ2v) is 5.68. The Hall–Kier alpha value is -1.95. The number of hydrogen-bond acceptors (Lipinski definition) is 4. The van der Waals surface area contributed by atoms with Crippen LogP contribution in [0.1, 0.15) is 22.8 Å². The molecule has 0 saturated heterocycles. The van der Waals surface area contributed by atoms with Crippen LogP contribution in [0.4, 0.5) is 0 Å². The van der Waals surface area contributed by atoms with E-state index in [1.165, 1.54) is 12.1 Å². The molecule has 1 aromatic rings. The van der Waals surface area contributed by atoms with E-state index >= 15 is 0 Å². The molecule has 0 radical (unpaired) electrons. The molecule has 0 aromatic heterocycles. The zero-order chi connectivity index (χ0) is 12.9. The van der Waals surface area contributed by atoms with Gasteiger partial charge in [0.2, 0.25) is 5.78 Å². The molecule has 1 aliphatic heterocycles. The summed E-state index contributed by atoms with van der Waals surface area (Å²) in [6, 6.07) is 4.70. The lowest BCUT2D eigenvalue weighted by Gasteiger charge is -2.12. The second kappa shape index (κ2) is 3.52. The van der Waals surface area contributed by atoms with E-state index in [-0.39, 0.29) is 10.7 Å². The van der Waals surface area contributed by atoms with E-state index in [1.54, 1.807) is 12.1 Å². The van der Waals surface area contributed by atoms with Gasteiger partial charge in [-0.3, -0.25) is 14.5 Å². The minimum atomic E-state index is -3.54. The maximum atomic E-state index is 12.1. The van der Waals surface area contributed by atoms with E-state index in [0.29, 0.717) is 29.1 Å². The van der Waals surface area contributed by atoms with Crippen LogP contribution in [0, 0.1) is 0 Å². The summed E-state index contributed by atoms with van der Waals surface area (Å²) in [5.41, 5.74) is 1.59. The number of Topliss-reactive ketones (excluding diaryl/α,β-unsaturated/α-hetero) is 1. The van der Waals surface area contributed by atoms with Crippen LogP contribution < -0.4 is 4.72 Å². The molecule has 0 amide bonds. The maximum absolute atomic E-state index is 12.1. The Labute approximate surface area is 104 Å². The molecule has 0 spiro atoms. The lowest BCUT2D eigenvalue weighted by Crippen LogP contribution is -2.21. The van der Waals surface area contributed by atoms with Gasteiger partial charge in [-0.1, -0.05) is 12.1 Å². The minimum Gasteiger partial charge on any atom is -0.287 e. The summed E-state index contributed by atoms with van der Waals surface area (Å²) < 4.78 is 26.2. The summed E-state index contributed by atoms with van der Waals surface area (Å²) in [4.78, 5) is 16.4. The Balaban J connectivity index is 2.36. The minimum absolute atomic E-state index is 0.162. The molecule has 6 heteroatoms. The number of carbonyl (C=O) groups excluding carboxylic acids is 1. The fourth-order valence-corrected chi connectivity index (χ4v) is 3.51. The molecule has 0 saturated carbocycles. The van der Waals surface area contributed by atoms with Crippen molar-refractivity contribution in [2.45, 2.75) is 11.8 Å². The van der Waals surface area contributed by atoms with E-state index in [2.05, 4.69) is 9.71 Å². The van der Waals surface area contributed by atoms with Gasteiger partial charge in [-0.25, -0.2) is 8.42 Å². The fraction of sp³-hybridized carbons (Fsp3) is 0.167. The van der Waals surface area contributed by atoms with E-state index in [4.69, 9.17) is 0 Å². The number of hydrogen-bond donors (Lipinski definition) is 1. The van der Waals surface area contributed by atoms with Gasteiger partial charge in [0.1, 0.15) is 5.71 Å². The molecular formula is C12H10N2O3S. The lowest BCUT2D eigenvalue weighted by molar-refractivity contribution is 0.106. The third-order valence-corrected chi connectivity index (χ3v) is 4.32. The second-order valence-electron chi connectivity index (χ2n) is 4.03. The summed E-state index contributed by atoms with van der Waals surface area (Å²) in [7, 11) is -3.54. The number of sulfonamides is 1. The summed E-state index contributed by atoms with van der Waals surface area (Å²) in [5.74, 6) is -0.226. The molecule has 3 rings (SSSR count). The Morgan fingerprint density at radius 2 is 2.11 bits per heavy atom. The van der Waals surface area contributed by atoms with Crippen molar-refractivity contribution in [1.29, 1.82) is 0 Å². The monoisotopic (exact) mass is 262 g/mol. The summed E-state index contributed by atoms with van der Waals surface area (Å²) in [5, 5.41) is 0. The average Bonchev–Trinajstić information content (AvgIpc) is 2.59. The molecule has 1 N–H and O–H groups in total. The average molecular weight is 262 g/mol. The van der Waals surface area contributed by atoms with Crippen LogP contribution in [0.5, 0.6) is 0 Å². The van der Waals surface area contributed by atoms with Gasteiger partial charge in [-0.05, 0) is 19.1 Å². The van der Waals surface area contributed by atoms with Gasteiger partial charge in [0.15, 0.2) is 0 Å². The number of rotatable bonds is 1. The highest BCUT2D eigenvalue weighted by Crippen LogP contribution is 2.35. The normalized spacial score (nSPS) is 21.5. The molecule has 0 unspecified atom stereocenters. The third-order valence-electron chi connectivity index (χ3n) is 2.92. The largest absolute Gasteiger partial charge is 0.287 e. The number of benzene rings is 1. The van der Waals surface area contributed by atoms with Crippen LogP contribution in [-0.2, 0) is 10.0 Å². The predicted molar refractivity (Wildman–Crippen MR) is 67.0 cm³/mol. The molecule has 92 valence electrons. The van der Waals surface area contributed by atoms with Gasteiger partial charge in [-0.15, -0.1) is 0 Å². The standard InChI is InChI=1S/C12H10N2O3S/c1-2-13-9-6-8-11-7(12(9)15)4-3-5-10(11)18(16,17)14-8/h3-6,14H,2H2,1H3. The molecule has 5 nitrogen and oxygen atoms in total. The first-order valence-corrected chi connectivity index (χ1v) is 7.00. The number of carbonyl (C=O) groups is 1. The number of nitrogens with one attached hydrogen (secondary N) is 1. The van der Waals surface area contributed by atoms with Gasteiger partial charge < -0.3 is 0 Å². The van der Waals surface area contributed by atoms with Crippen LogP contribution in [0.3, 0.4) is 0 Å². The Kier molecular flexibility index (Phi) is 2.18. The van der Waals surface area contributed by atoms with Crippen molar-refractivity contribution in [2.75, 3.05) is 6.54 Å². The van der Waals surface area contributed by atoms with Crippen LogP contribution in [0.15, 0.2) is 34.2 Å². The number of nitrogens with zero attached hydrogens (tertiary/aromatic N) is 1. The van der Waals surface area contributed by atoms with Crippen molar-refractivity contribution in [2.24, 2.45) is 4.99 Å². The van der Waals surface area contributed by atoms with E-state index < -0.39 is 10.0 Å². The zero-order valence-corrected chi connectivity index (χ0v) is 10.4. The first-order valence-electron chi connectivity index (χ1n) is 5.51. The van der Waals surface area contributed by atoms with Gasteiger partial charge in [-0.2, -0.15) is 0 Å². The van der Waals surface area contributed by atoms with Crippen molar-refractivity contribution in [3.05, 3.63) is 35.4 Å². The molecule has 18 heavy (non-hydrogen) atoms. The van der Waals surface area contributed by atoms with Gasteiger partial charge in [0, 0.05) is 17.7 Å². The van der Waals surface area contributed by atoms with Crippen LogP contribution in [0.25, 0.3) is 5.70 Å². The highest BCUT2D eigenvalue weighted by Gasteiger charge is 2.37. The number of allylic oxidation sites excluding steroid dienone is 1. The van der Waals surface area contributed by atoms with Crippen LogP contribution >= 0.6 is 0 Å². The first kappa shape index (κ1) is 11.2. The van der Waals surface area contributed by atoms with Crippen molar-refractivity contribution in [3.8, 4) is 0 Å². The molecule has 0 atom stereocenters. The Morgan fingerprint density at radius 1 is 1.33 bits per heavy atom. The topological polar surface area (TPSA) is 75.6 Å². The van der Waals surface area contributed by atoms with Crippen LogP contribution in [-0.4, -0.2) is 26.5 Å². The van der Waals surface area contributed by atoms with E-state index in [1.807, 2.05) is 6.92 Å². The highest BCUT2D eigenvalue weighted by molar-refractivity contribution is 7.90. The molecule has 1 aromatic carbocycles. The Bertz CT molecular complexity index is 730. The smallest absolute Gasteiger partial charge is 0.262 e. The van der Waals surface area contributed by atoms with Gasteiger partial charge >= 0.3 is 0 Å².